The Morgan fingerprint density at radius 2 is 2.12 bits per heavy atom. The first-order valence-corrected chi connectivity index (χ1v) is 5.98. The summed E-state index contributed by atoms with van der Waals surface area (Å²) >= 11 is 5.49. The maximum absolute atomic E-state index is 11.5. The zero-order valence-corrected chi connectivity index (χ0v) is 11.0. The van der Waals surface area contributed by atoms with Gasteiger partial charge in [-0.1, -0.05) is 6.07 Å². The van der Waals surface area contributed by atoms with Crippen LogP contribution in [0.4, 0.5) is 0 Å². The van der Waals surface area contributed by atoms with E-state index in [9.17, 15) is 9.90 Å². The van der Waals surface area contributed by atoms with Crippen molar-refractivity contribution < 1.29 is 14.6 Å². The number of benzene rings is 1. The number of ketones is 1. The van der Waals surface area contributed by atoms with Crippen LogP contribution in [0, 0.1) is 13.8 Å². The number of alkyl halides is 1. The second-order valence-electron chi connectivity index (χ2n) is 4.13. The largest absolute Gasteiger partial charge is 0.490 e. The fourth-order valence-electron chi connectivity index (χ4n) is 1.72. The smallest absolute Gasteiger partial charge is 0.163 e. The highest BCUT2D eigenvalue weighted by Crippen LogP contribution is 2.25. The van der Waals surface area contributed by atoms with Crippen LogP contribution in [-0.4, -0.2) is 29.5 Å². The van der Waals surface area contributed by atoms with Crippen LogP contribution in [-0.2, 0) is 0 Å². The number of hydrogen-bond acceptors (Lipinski definition) is 3. The topological polar surface area (TPSA) is 46.5 Å². The molecule has 1 aromatic rings. The first-order valence-electron chi connectivity index (χ1n) is 5.44. The number of aliphatic hydroxyl groups is 1. The molecule has 0 radical (unpaired) electrons. The molecule has 0 aliphatic rings. The number of hydrogen-bond donors (Lipinski definition) is 1. The lowest BCUT2D eigenvalue weighted by Gasteiger charge is -2.15. The molecule has 94 valence electrons. The van der Waals surface area contributed by atoms with Crippen molar-refractivity contribution in [2.45, 2.75) is 26.9 Å². The van der Waals surface area contributed by atoms with Gasteiger partial charge < -0.3 is 9.84 Å². The summed E-state index contributed by atoms with van der Waals surface area (Å²) in [6.45, 7) is 5.39. The van der Waals surface area contributed by atoms with Crippen LogP contribution in [0.25, 0.3) is 0 Å². The SMILES string of the molecule is CC(=O)c1c(C)cc(C)cc1OC[C@@H](O)CCl. The molecule has 0 aliphatic heterocycles. The number of aliphatic hydroxyl groups excluding tert-OH is 1. The van der Waals surface area contributed by atoms with E-state index in [1.165, 1.54) is 6.92 Å². The van der Waals surface area contributed by atoms with E-state index in [0.29, 0.717) is 11.3 Å². The number of rotatable bonds is 5. The molecular formula is C13H17ClO3. The number of Topliss-reactive ketones (excluding diaryl/α,β-unsaturated/α-hetero) is 1. The monoisotopic (exact) mass is 256 g/mol. The standard InChI is InChI=1S/C13H17ClO3/c1-8-4-9(2)13(10(3)15)12(5-8)17-7-11(16)6-14/h4-5,11,16H,6-7H2,1-3H3/t11-/m0/s1. The Kier molecular flexibility index (Phi) is 4.97. The highest BCUT2D eigenvalue weighted by atomic mass is 35.5. The van der Waals surface area contributed by atoms with Crippen molar-refractivity contribution in [3.63, 3.8) is 0 Å². The number of ether oxygens (including phenoxy) is 1. The van der Waals surface area contributed by atoms with Gasteiger partial charge in [0.05, 0.1) is 11.4 Å². The van der Waals surface area contributed by atoms with Crippen LogP contribution in [0.3, 0.4) is 0 Å². The van der Waals surface area contributed by atoms with Crippen molar-refractivity contribution in [3.05, 3.63) is 28.8 Å². The lowest BCUT2D eigenvalue weighted by atomic mass is 10.0. The van der Waals surface area contributed by atoms with Gasteiger partial charge in [-0.25, -0.2) is 0 Å². The minimum Gasteiger partial charge on any atom is -0.490 e. The van der Waals surface area contributed by atoms with Crippen molar-refractivity contribution in [2.75, 3.05) is 12.5 Å². The van der Waals surface area contributed by atoms with E-state index in [2.05, 4.69) is 0 Å². The number of carbonyl (C=O) groups excluding carboxylic acids is 1. The zero-order valence-electron chi connectivity index (χ0n) is 10.3. The first-order chi connectivity index (χ1) is 7.95. The quantitative estimate of drug-likeness (QED) is 0.650. The zero-order chi connectivity index (χ0) is 13.0. The molecule has 1 atom stereocenters. The van der Waals surface area contributed by atoms with Crippen LogP contribution in [0.5, 0.6) is 5.75 Å². The molecule has 0 spiro atoms. The van der Waals surface area contributed by atoms with Crippen LogP contribution in [0.1, 0.15) is 28.4 Å². The number of aryl methyl sites for hydroxylation is 2. The summed E-state index contributed by atoms with van der Waals surface area (Å²) in [5.74, 6) is 0.581. The summed E-state index contributed by atoms with van der Waals surface area (Å²) in [4.78, 5) is 11.5. The molecule has 0 unspecified atom stereocenters. The summed E-state index contributed by atoms with van der Waals surface area (Å²) in [5.41, 5.74) is 2.47. The molecule has 1 N–H and O–H groups in total. The Bertz CT molecular complexity index is 415. The van der Waals surface area contributed by atoms with Crippen molar-refractivity contribution in [3.8, 4) is 5.75 Å². The minimum absolute atomic E-state index is 0.0436. The summed E-state index contributed by atoms with van der Waals surface area (Å²) in [6, 6.07) is 3.73. The van der Waals surface area contributed by atoms with E-state index in [1.807, 2.05) is 19.9 Å². The van der Waals surface area contributed by atoms with Gasteiger partial charge in [-0.2, -0.15) is 0 Å². The lowest BCUT2D eigenvalue weighted by Crippen LogP contribution is -2.20. The predicted octanol–water partition coefficient (Wildman–Crippen LogP) is 2.48. The third-order valence-corrected chi connectivity index (χ3v) is 2.76. The van der Waals surface area contributed by atoms with Gasteiger partial charge in [-0.3, -0.25) is 4.79 Å². The van der Waals surface area contributed by atoms with Gasteiger partial charge in [0.15, 0.2) is 5.78 Å². The van der Waals surface area contributed by atoms with E-state index in [1.54, 1.807) is 6.07 Å². The Balaban J connectivity index is 3.00. The average molecular weight is 257 g/mol. The Labute approximate surface area is 106 Å². The lowest BCUT2D eigenvalue weighted by molar-refractivity contribution is 0.0996. The second-order valence-corrected chi connectivity index (χ2v) is 4.44. The van der Waals surface area contributed by atoms with E-state index in [0.717, 1.165) is 11.1 Å². The second kappa shape index (κ2) is 6.03. The van der Waals surface area contributed by atoms with Crippen molar-refractivity contribution in [1.29, 1.82) is 0 Å². The molecule has 0 fully saturated rings. The van der Waals surface area contributed by atoms with Crippen LogP contribution in [0.2, 0.25) is 0 Å². The Morgan fingerprint density at radius 3 is 2.65 bits per heavy atom. The summed E-state index contributed by atoms with van der Waals surface area (Å²) < 4.78 is 5.46. The molecule has 1 rings (SSSR count). The Morgan fingerprint density at radius 1 is 1.47 bits per heavy atom. The van der Waals surface area contributed by atoms with Gasteiger partial charge >= 0.3 is 0 Å². The van der Waals surface area contributed by atoms with Crippen LogP contribution < -0.4 is 4.74 Å². The van der Waals surface area contributed by atoms with Gasteiger partial charge in [0.25, 0.3) is 0 Å². The molecule has 0 saturated heterocycles. The van der Waals surface area contributed by atoms with E-state index < -0.39 is 6.10 Å². The molecule has 17 heavy (non-hydrogen) atoms. The molecule has 0 heterocycles. The van der Waals surface area contributed by atoms with Gasteiger partial charge in [0, 0.05) is 0 Å². The fraction of sp³-hybridized carbons (Fsp3) is 0.462. The van der Waals surface area contributed by atoms with Crippen molar-refractivity contribution in [1.82, 2.24) is 0 Å². The minimum atomic E-state index is -0.725. The maximum atomic E-state index is 11.5. The van der Waals surface area contributed by atoms with E-state index >= 15 is 0 Å². The maximum Gasteiger partial charge on any atom is 0.163 e. The summed E-state index contributed by atoms with van der Waals surface area (Å²) in [7, 11) is 0. The van der Waals surface area contributed by atoms with E-state index in [-0.39, 0.29) is 18.3 Å². The molecule has 4 heteroatoms. The van der Waals surface area contributed by atoms with Crippen molar-refractivity contribution in [2.24, 2.45) is 0 Å². The fourth-order valence-corrected chi connectivity index (χ4v) is 1.81. The molecule has 0 amide bonds. The van der Waals surface area contributed by atoms with E-state index in [4.69, 9.17) is 16.3 Å². The van der Waals surface area contributed by atoms with Gasteiger partial charge in [-0.15, -0.1) is 11.6 Å². The highest BCUT2D eigenvalue weighted by Gasteiger charge is 2.14. The summed E-state index contributed by atoms with van der Waals surface area (Å²) in [5, 5.41) is 9.35. The predicted molar refractivity (Wildman–Crippen MR) is 68.1 cm³/mol. The molecule has 0 saturated carbocycles. The normalized spacial score (nSPS) is 12.3. The van der Waals surface area contributed by atoms with Gasteiger partial charge in [-0.05, 0) is 38.0 Å². The third-order valence-electron chi connectivity index (χ3n) is 2.41. The highest BCUT2D eigenvalue weighted by molar-refractivity contribution is 6.18. The van der Waals surface area contributed by atoms with Crippen molar-refractivity contribution >= 4 is 17.4 Å². The van der Waals surface area contributed by atoms with Crippen LogP contribution in [0.15, 0.2) is 12.1 Å². The Hall–Kier alpha value is -1.06. The molecule has 0 bridgehead atoms. The molecule has 1 aromatic carbocycles. The average Bonchev–Trinajstić information content (AvgIpc) is 2.24. The number of carbonyl (C=O) groups is 1. The number of halogens is 1. The summed E-state index contributed by atoms with van der Waals surface area (Å²) in [6.07, 6.45) is -0.725. The molecule has 3 nitrogen and oxygen atoms in total. The van der Waals surface area contributed by atoms with Crippen LogP contribution >= 0.6 is 11.6 Å². The van der Waals surface area contributed by atoms with Gasteiger partial charge in [0.2, 0.25) is 0 Å². The molecule has 0 aliphatic carbocycles. The molecular weight excluding hydrogens is 240 g/mol. The molecule has 0 aromatic heterocycles. The third kappa shape index (κ3) is 3.72. The van der Waals surface area contributed by atoms with Gasteiger partial charge in [0.1, 0.15) is 18.5 Å². The first kappa shape index (κ1) is 14.0.